The number of thiazole rings is 1. The molecule has 0 saturated carbocycles. The van der Waals surface area contributed by atoms with Gasteiger partial charge in [-0.15, -0.1) is 11.3 Å². The number of amides is 1. The minimum atomic E-state index is 0.0777. The van der Waals surface area contributed by atoms with Gasteiger partial charge in [0.2, 0.25) is 0 Å². The van der Waals surface area contributed by atoms with Crippen molar-refractivity contribution in [2.24, 2.45) is 0 Å². The lowest BCUT2D eigenvalue weighted by Gasteiger charge is -2.34. The molecule has 32 heavy (non-hydrogen) atoms. The van der Waals surface area contributed by atoms with Gasteiger partial charge in [-0.2, -0.15) is 0 Å². The monoisotopic (exact) mass is 461 g/mol. The molecule has 2 aromatic heterocycles. The molecule has 1 saturated heterocycles. The van der Waals surface area contributed by atoms with E-state index in [0.717, 1.165) is 54.7 Å². The summed E-state index contributed by atoms with van der Waals surface area (Å²) in [6.45, 7) is 3.96. The lowest BCUT2D eigenvalue weighted by Crippen LogP contribution is -2.48. The van der Waals surface area contributed by atoms with Crippen molar-refractivity contribution in [3.05, 3.63) is 88.4 Å². The third-order valence-electron chi connectivity index (χ3n) is 5.66. The van der Waals surface area contributed by atoms with Crippen molar-refractivity contribution in [3.8, 4) is 16.3 Å². The van der Waals surface area contributed by atoms with E-state index >= 15 is 0 Å². The Bertz CT molecular complexity index is 1250. The molecule has 6 nitrogen and oxygen atoms in total. The Morgan fingerprint density at radius 2 is 1.78 bits per heavy atom. The second-order valence-corrected chi connectivity index (χ2v) is 9.01. The van der Waals surface area contributed by atoms with Crippen molar-refractivity contribution >= 4 is 29.5 Å². The summed E-state index contributed by atoms with van der Waals surface area (Å²) in [5.74, 6) is 0.0777. The summed E-state index contributed by atoms with van der Waals surface area (Å²) >= 11 is 6.94. The normalized spacial score (nSPS) is 14.6. The first-order chi connectivity index (χ1) is 15.7. The van der Waals surface area contributed by atoms with E-state index in [0.29, 0.717) is 10.3 Å². The number of hydrogen-bond donors (Lipinski definition) is 1. The van der Waals surface area contributed by atoms with Gasteiger partial charge in [0.1, 0.15) is 5.01 Å². The van der Waals surface area contributed by atoms with Crippen molar-refractivity contribution in [2.45, 2.75) is 6.54 Å². The van der Waals surface area contributed by atoms with Crippen LogP contribution in [0.2, 0.25) is 0 Å². The highest BCUT2D eigenvalue weighted by Gasteiger charge is 2.22. The SMILES string of the molecule is O=C(c1ccc(-n2cc[nH]c2=S)cc1)N1CCN(Cc2csc(-c3ccccc3)n2)CC1. The van der Waals surface area contributed by atoms with Gasteiger partial charge in [-0.1, -0.05) is 30.3 Å². The van der Waals surface area contributed by atoms with Crippen LogP contribution < -0.4 is 0 Å². The van der Waals surface area contributed by atoms with Crippen LogP contribution in [0.25, 0.3) is 16.3 Å². The summed E-state index contributed by atoms with van der Waals surface area (Å²) in [6, 6.07) is 17.9. The largest absolute Gasteiger partial charge is 0.337 e. The zero-order valence-electron chi connectivity index (χ0n) is 17.5. The zero-order valence-corrected chi connectivity index (χ0v) is 19.1. The van der Waals surface area contributed by atoms with E-state index in [1.807, 2.05) is 58.1 Å². The molecule has 5 rings (SSSR count). The van der Waals surface area contributed by atoms with Crippen LogP contribution in [0.15, 0.2) is 72.4 Å². The summed E-state index contributed by atoms with van der Waals surface area (Å²) < 4.78 is 2.51. The number of imidazole rings is 1. The highest BCUT2D eigenvalue weighted by Crippen LogP contribution is 2.24. The maximum Gasteiger partial charge on any atom is 0.253 e. The molecule has 1 fully saturated rings. The number of carbonyl (C=O) groups is 1. The topological polar surface area (TPSA) is 57.2 Å². The molecular weight excluding hydrogens is 438 g/mol. The number of nitrogens with one attached hydrogen (secondary N) is 1. The molecule has 0 aliphatic carbocycles. The minimum Gasteiger partial charge on any atom is -0.337 e. The fourth-order valence-electron chi connectivity index (χ4n) is 3.90. The molecular formula is C24H23N5OS2. The van der Waals surface area contributed by atoms with E-state index in [9.17, 15) is 4.79 Å². The van der Waals surface area contributed by atoms with Crippen molar-refractivity contribution in [2.75, 3.05) is 26.2 Å². The third kappa shape index (κ3) is 4.43. The van der Waals surface area contributed by atoms with Crippen LogP contribution in [0.3, 0.4) is 0 Å². The summed E-state index contributed by atoms with van der Waals surface area (Å²) in [5.41, 5.74) is 3.89. The van der Waals surface area contributed by atoms with Gasteiger partial charge in [-0.25, -0.2) is 4.98 Å². The predicted octanol–water partition coefficient (Wildman–Crippen LogP) is 4.62. The molecule has 1 amide bonds. The number of benzene rings is 2. The van der Waals surface area contributed by atoms with E-state index < -0.39 is 0 Å². The zero-order chi connectivity index (χ0) is 21.9. The molecule has 0 bridgehead atoms. The Morgan fingerprint density at radius 1 is 1.03 bits per heavy atom. The average molecular weight is 462 g/mol. The second-order valence-electron chi connectivity index (χ2n) is 7.76. The number of nitrogens with zero attached hydrogens (tertiary/aromatic N) is 4. The predicted molar refractivity (Wildman–Crippen MR) is 130 cm³/mol. The van der Waals surface area contributed by atoms with E-state index in [1.165, 1.54) is 0 Å². The van der Waals surface area contributed by atoms with Crippen molar-refractivity contribution in [3.63, 3.8) is 0 Å². The van der Waals surface area contributed by atoms with Crippen molar-refractivity contribution < 1.29 is 4.79 Å². The number of hydrogen-bond acceptors (Lipinski definition) is 5. The maximum absolute atomic E-state index is 13.0. The van der Waals surface area contributed by atoms with Crippen molar-refractivity contribution in [1.82, 2.24) is 24.3 Å². The van der Waals surface area contributed by atoms with Gasteiger partial charge in [0, 0.05) is 67.3 Å². The van der Waals surface area contributed by atoms with Crippen LogP contribution in [-0.2, 0) is 6.54 Å². The third-order valence-corrected chi connectivity index (χ3v) is 6.91. The smallest absolute Gasteiger partial charge is 0.253 e. The Hall–Kier alpha value is -3.07. The Kier molecular flexibility index (Phi) is 5.98. The number of carbonyl (C=O) groups excluding carboxylic acids is 1. The Morgan fingerprint density at radius 3 is 2.47 bits per heavy atom. The number of piperazine rings is 1. The summed E-state index contributed by atoms with van der Waals surface area (Å²) in [6.07, 6.45) is 3.68. The van der Waals surface area contributed by atoms with Crippen LogP contribution >= 0.6 is 23.6 Å². The molecule has 2 aromatic carbocycles. The fourth-order valence-corrected chi connectivity index (χ4v) is 4.95. The van der Waals surface area contributed by atoms with E-state index in [2.05, 4.69) is 27.4 Å². The molecule has 4 aromatic rings. The summed E-state index contributed by atoms with van der Waals surface area (Å²) in [7, 11) is 0. The van der Waals surface area contributed by atoms with Gasteiger partial charge in [-0.3, -0.25) is 14.3 Å². The minimum absolute atomic E-state index is 0.0777. The molecule has 1 aliphatic heterocycles. The van der Waals surface area contributed by atoms with E-state index in [4.69, 9.17) is 17.2 Å². The fraction of sp³-hybridized carbons (Fsp3) is 0.208. The highest BCUT2D eigenvalue weighted by atomic mass is 32.1. The van der Waals surface area contributed by atoms with Crippen LogP contribution in [0.1, 0.15) is 16.1 Å². The standard InChI is InChI=1S/C24H23N5OS2/c30-23(19-6-8-21(9-7-19)29-11-10-25-24(29)31)28-14-12-27(13-15-28)16-20-17-32-22(26-20)18-4-2-1-3-5-18/h1-11,17H,12-16H2,(H,25,31). The lowest BCUT2D eigenvalue weighted by molar-refractivity contribution is 0.0627. The molecule has 8 heteroatoms. The first-order valence-electron chi connectivity index (χ1n) is 10.6. The van der Waals surface area contributed by atoms with Crippen LogP contribution in [0, 0.1) is 4.77 Å². The maximum atomic E-state index is 13.0. The van der Waals surface area contributed by atoms with E-state index in [1.54, 1.807) is 17.5 Å². The average Bonchev–Trinajstić information content (AvgIpc) is 3.49. The first kappa shape index (κ1) is 20.8. The summed E-state index contributed by atoms with van der Waals surface area (Å²) in [5, 5.41) is 3.19. The van der Waals surface area contributed by atoms with Crippen LogP contribution in [0.5, 0.6) is 0 Å². The second kappa shape index (κ2) is 9.20. The lowest BCUT2D eigenvalue weighted by atomic mass is 10.1. The molecule has 1 N–H and O–H groups in total. The molecule has 1 aliphatic rings. The quantitative estimate of drug-likeness (QED) is 0.441. The number of rotatable bonds is 5. The molecule has 162 valence electrons. The first-order valence-corrected chi connectivity index (χ1v) is 11.8. The van der Waals surface area contributed by atoms with Crippen LogP contribution in [-0.4, -0.2) is 56.4 Å². The highest BCUT2D eigenvalue weighted by molar-refractivity contribution is 7.71. The molecule has 3 heterocycles. The van der Waals surface area contributed by atoms with Gasteiger partial charge < -0.3 is 9.88 Å². The van der Waals surface area contributed by atoms with Gasteiger partial charge in [0.25, 0.3) is 5.91 Å². The molecule has 0 spiro atoms. The van der Waals surface area contributed by atoms with Gasteiger partial charge >= 0.3 is 0 Å². The van der Waals surface area contributed by atoms with Gasteiger partial charge in [-0.05, 0) is 36.5 Å². The number of aromatic amines is 1. The number of H-pyrrole nitrogens is 1. The molecule has 0 atom stereocenters. The molecule has 0 radical (unpaired) electrons. The van der Waals surface area contributed by atoms with Crippen molar-refractivity contribution in [1.29, 1.82) is 0 Å². The molecule has 0 unspecified atom stereocenters. The number of aromatic nitrogens is 3. The van der Waals surface area contributed by atoms with E-state index in [-0.39, 0.29) is 5.91 Å². The summed E-state index contributed by atoms with van der Waals surface area (Å²) in [4.78, 5) is 25.0. The van der Waals surface area contributed by atoms with Crippen LogP contribution in [0.4, 0.5) is 0 Å². The van der Waals surface area contributed by atoms with Gasteiger partial charge in [0.05, 0.1) is 5.69 Å². The van der Waals surface area contributed by atoms with Gasteiger partial charge in [0.15, 0.2) is 4.77 Å². The Labute approximate surface area is 195 Å². The Balaban J connectivity index is 1.17.